The molecule has 0 heterocycles. The smallest absolute Gasteiger partial charge is 0.0914 e. The lowest BCUT2D eigenvalue weighted by Gasteiger charge is -2.12. The highest BCUT2D eigenvalue weighted by Crippen LogP contribution is 2.13. The van der Waals surface area contributed by atoms with Crippen LogP contribution in [-0.4, -0.2) is 31.4 Å². The first-order valence-corrected chi connectivity index (χ1v) is 6.83. The third-order valence-electron chi connectivity index (χ3n) is 2.96. The third kappa shape index (κ3) is 5.63. The van der Waals surface area contributed by atoms with Crippen LogP contribution in [-0.2, 0) is 11.2 Å². The van der Waals surface area contributed by atoms with Gasteiger partial charge in [0.1, 0.15) is 0 Å². The second-order valence-electron chi connectivity index (χ2n) is 4.37. The van der Waals surface area contributed by atoms with E-state index in [1.165, 1.54) is 5.56 Å². The molecule has 1 rings (SSSR count). The van der Waals surface area contributed by atoms with E-state index >= 15 is 0 Å². The van der Waals surface area contributed by atoms with Crippen molar-refractivity contribution < 1.29 is 9.84 Å². The van der Waals surface area contributed by atoms with Gasteiger partial charge in [0.15, 0.2) is 0 Å². The highest BCUT2D eigenvalue weighted by atomic mass is 16.5. The maximum atomic E-state index is 9.99. The minimum Gasteiger partial charge on any atom is -0.387 e. The fourth-order valence-corrected chi connectivity index (χ4v) is 1.78. The summed E-state index contributed by atoms with van der Waals surface area (Å²) in [5.74, 6) is 0. The lowest BCUT2D eigenvalue weighted by molar-refractivity contribution is 0.141. The average Bonchev–Trinajstić information content (AvgIpc) is 2.42. The van der Waals surface area contributed by atoms with Crippen LogP contribution in [0.5, 0.6) is 0 Å². The summed E-state index contributed by atoms with van der Waals surface area (Å²) in [7, 11) is 0. The van der Waals surface area contributed by atoms with Crippen LogP contribution in [0.2, 0.25) is 0 Å². The highest BCUT2D eigenvalue weighted by molar-refractivity contribution is 5.24. The largest absolute Gasteiger partial charge is 0.387 e. The predicted octanol–water partition coefficient (Wildman–Crippen LogP) is 2.30. The van der Waals surface area contributed by atoms with Crippen LogP contribution in [0.15, 0.2) is 24.3 Å². The van der Waals surface area contributed by atoms with E-state index in [0.717, 1.165) is 38.2 Å². The van der Waals surface area contributed by atoms with Gasteiger partial charge in [0, 0.05) is 19.8 Å². The van der Waals surface area contributed by atoms with Crippen LogP contribution in [0.4, 0.5) is 0 Å². The van der Waals surface area contributed by atoms with Crippen molar-refractivity contribution >= 4 is 0 Å². The molecule has 0 aliphatic heterocycles. The number of hydrogen-bond acceptors (Lipinski definition) is 3. The Labute approximate surface area is 110 Å². The zero-order valence-corrected chi connectivity index (χ0v) is 11.5. The van der Waals surface area contributed by atoms with E-state index in [2.05, 4.69) is 24.4 Å². The monoisotopic (exact) mass is 251 g/mol. The summed E-state index contributed by atoms with van der Waals surface area (Å²) in [6.45, 7) is 7.15. The number of aryl methyl sites for hydroxylation is 1. The summed E-state index contributed by atoms with van der Waals surface area (Å²) in [6.07, 6.45) is 1.59. The molecule has 0 saturated heterocycles. The Morgan fingerprint density at radius 2 is 1.94 bits per heavy atom. The molecule has 3 nitrogen and oxygen atoms in total. The van der Waals surface area contributed by atoms with Crippen molar-refractivity contribution in [3.63, 3.8) is 0 Å². The molecule has 0 radical (unpaired) electrons. The lowest BCUT2D eigenvalue weighted by atomic mass is 10.1. The van der Waals surface area contributed by atoms with Crippen LogP contribution < -0.4 is 5.32 Å². The van der Waals surface area contributed by atoms with Gasteiger partial charge in [-0.05, 0) is 37.4 Å². The Morgan fingerprint density at radius 1 is 1.22 bits per heavy atom. The molecular formula is C15H25NO2. The highest BCUT2D eigenvalue weighted by Gasteiger charge is 2.06. The van der Waals surface area contributed by atoms with E-state index in [0.29, 0.717) is 6.54 Å². The van der Waals surface area contributed by atoms with Crippen LogP contribution in [0.3, 0.4) is 0 Å². The van der Waals surface area contributed by atoms with Gasteiger partial charge in [-0.3, -0.25) is 0 Å². The topological polar surface area (TPSA) is 41.5 Å². The number of benzene rings is 1. The summed E-state index contributed by atoms with van der Waals surface area (Å²) in [6, 6.07) is 8.16. The molecule has 0 aliphatic rings. The molecule has 18 heavy (non-hydrogen) atoms. The van der Waals surface area contributed by atoms with Crippen molar-refractivity contribution in [1.29, 1.82) is 0 Å². The molecule has 0 fully saturated rings. The molecule has 1 atom stereocenters. The van der Waals surface area contributed by atoms with E-state index in [-0.39, 0.29) is 0 Å². The normalized spacial score (nSPS) is 12.6. The Kier molecular flexibility index (Phi) is 7.65. The number of hydrogen-bond donors (Lipinski definition) is 2. The molecule has 3 heteroatoms. The van der Waals surface area contributed by atoms with Crippen molar-refractivity contribution in [2.24, 2.45) is 0 Å². The van der Waals surface area contributed by atoms with Gasteiger partial charge in [0.2, 0.25) is 0 Å². The first-order chi connectivity index (χ1) is 8.77. The van der Waals surface area contributed by atoms with Crippen molar-refractivity contribution in [3.05, 3.63) is 35.4 Å². The van der Waals surface area contributed by atoms with E-state index in [1.807, 2.05) is 19.1 Å². The Balaban J connectivity index is 2.21. The number of rotatable bonds is 9. The molecule has 102 valence electrons. The Morgan fingerprint density at radius 3 is 2.56 bits per heavy atom. The zero-order chi connectivity index (χ0) is 13.2. The standard InChI is InChI=1S/C15H25NO2/c1-3-13-6-8-14(9-7-13)15(17)12-16-10-5-11-18-4-2/h6-9,15-17H,3-5,10-12H2,1-2H3. The fourth-order valence-electron chi connectivity index (χ4n) is 1.78. The molecule has 0 aliphatic carbocycles. The van der Waals surface area contributed by atoms with Crippen LogP contribution >= 0.6 is 0 Å². The summed E-state index contributed by atoms with van der Waals surface area (Å²) in [5, 5.41) is 13.2. The van der Waals surface area contributed by atoms with Gasteiger partial charge in [0.05, 0.1) is 6.10 Å². The van der Waals surface area contributed by atoms with Crippen molar-refractivity contribution in [1.82, 2.24) is 5.32 Å². The van der Waals surface area contributed by atoms with Crippen LogP contribution in [0.25, 0.3) is 0 Å². The van der Waals surface area contributed by atoms with Crippen molar-refractivity contribution in [2.45, 2.75) is 32.8 Å². The summed E-state index contributed by atoms with van der Waals surface area (Å²) < 4.78 is 5.25. The van der Waals surface area contributed by atoms with Crippen LogP contribution in [0, 0.1) is 0 Å². The molecular weight excluding hydrogens is 226 g/mol. The van der Waals surface area contributed by atoms with Gasteiger partial charge in [-0.2, -0.15) is 0 Å². The minimum absolute atomic E-state index is 0.428. The van der Waals surface area contributed by atoms with Gasteiger partial charge >= 0.3 is 0 Å². The second kappa shape index (κ2) is 9.09. The van der Waals surface area contributed by atoms with Crippen molar-refractivity contribution in [3.8, 4) is 0 Å². The third-order valence-corrected chi connectivity index (χ3v) is 2.96. The molecule has 0 spiro atoms. The molecule has 1 aromatic carbocycles. The SMILES string of the molecule is CCOCCCNCC(O)c1ccc(CC)cc1. The molecule has 1 aromatic rings. The van der Waals surface area contributed by atoms with E-state index < -0.39 is 6.10 Å². The molecule has 0 bridgehead atoms. The average molecular weight is 251 g/mol. The van der Waals surface area contributed by atoms with E-state index in [4.69, 9.17) is 4.74 Å². The first-order valence-electron chi connectivity index (χ1n) is 6.83. The Bertz CT molecular complexity index is 311. The molecule has 0 saturated carbocycles. The summed E-state index contributed by atoms with van der Waals surface area (Å²) in [5.41, 5.74) is 2.28. The molecule has 2 N–H and O–H groups in total. The predicted molar refractivity (Wildman–Crippen MR) is 74.8 cm³/mol. The number of aliphatic hydroxyl groups excluding tert-OH is 1. The summed E-state index contributed by atoms with van der Waals surface area (Å²) >= 11 is 0. The summed E-state index contributed by atoms with van der Waals surface area (Å²) in [4.78, 5) is 0. The quantitative estimate of drug-likeness (QED) is 0.662. The van der Waals surface area contributed by atoms with E-state index in [9.17, 15) is 5.11 Å². The number of nitrogens with one attached hydrogen (secondary N) is 1. The van der Waals surface area contributed by atoms with Gasteiger partial charge in [-0.15, -0.1) is 0 Å². The van der Waals surface area contributed by atoms with Gasteiger partial charge in [-0.1, -0.05) is 31.2 Å². The number of ether oxygens (including phenoxy) is 1. The van der Waals surface area contributed by atoms with Crippen molar-refractivity contribution in [2.75, 3.05) is 26.3 Å². The van der Waals surface area contributed by atoms with E-state index in [1.54, 1.807) is 0 Å². The molecule has 0 aromatic heterocycles. The Hall–Kier alpha value is -0.900. The fraction of sp³-hybridized carbons (Fsp3) is 0.600. The number of aliphatic hydroxyl groups is 1. The minimum atomic E-state index is -0.428. The lowest BCUT2D eigenvalue weighted by Crippen LogP contribution is -2.23. The van der Waals surface area contributed by atoms with Gasteiger partial charge in [0.25, 0.3) is 0 Å². The maximum absolute atomic E-state index is 9.99. The molecule has 0 amide bonds. The molecule has 1 unspecified atom stereocenters. The van der Waals surface area contributed by atoms with Gasteiger partial charge < -0.3 is 15.2 Å². The maximum Gasteiger partial charge on any atom is 0.0914 e. The first kappa shape index (κ1) is 15.2. The van der Waals surface area contributed by atoms with Crippen LogP contribution in [0.1, 0.15) is 37.5 Å². The second-order valence-corrected chi connectivity index (χ2v) is 4.37. The zero-order valence-electron chi connectivity index (χ0n) is 11.5. The van der Waals surface area contributed by atoms with Gasteiger partial charge in [-0.25, -0.2) is 0 Å².